The van der Waals surface area contributed by atoms with E-state index in [1.807, 2.05) is 36.7 Å². The highest BCUT2D eigenvalue weighted by atomic mass is 16.5. The zero-order valence-corrected chi connectivity index (χ0v) is 20.6. The monoisotopic (exact) mass is 444 g/mol. The molecule has 33 heavy (non-hydrogen) atoms. The Hall–Kier alpha value is -2.68. The lowest BCUT2D eigenvalue weighted by molar-refractivity contribution is 0.306. The lowest BCUT2D eigenvalue weighted by atomic mass is 10.0. The van der Waals surface area contributed by atoms with Gasteiger partial charge in [-0.15, -0.1) is 0 Å². The lowest BCUT2D eigenvalue weighted by Crippen LogP contribution is -1.96. The van der Waals surface area contributed by atoms with Gasteiger partial charge >= 0.3 is 0 Å². The van der Waals surface area contributed by atoms with Crippen LogP contribution >= 0.6 is 0 Å². The molecule has 3 heteroatoms. The predicted molar refractivity (Wildman–Crippen MR) is 139 cm³/mol. The molecular weight excluding hydrogens is 404 g/mol. The number of nitrogens with zero attached hydrogens (tertiary/aromatic N) is 2. The van der Waals surface area contributed by atoms with Crippen molar-refractivity contribution in [1.82, 2.24) is 9.97 Å². The number of benzene rings is 2. The molecule has 3 nitrogen and oxygen atoms in total. The van der Waals surface area contributed by atoms with Crippen LogP contribution in [0.3, 0.4) is 0 Å². The standard InChI is InChI=1S/C30H40N2O/c1-3-5-7-8-9-11-12-25-14-16-26(17-15-25)24-33-29-20-18-28(19-21-29)30-31-22-27(23-32-30)13-10-6-4-2/h14-23H,3-13,24H2,1-2H3. The molecule has 0 N–H and O–H groups in total. The second-order valence-electron chi connectivity index (χ2n) is 9.02. The molecule has 0 radical (unpaired) electrons. The Morgan fingerprint density at radius 2 is 1.12 bits per heavy atom. The van der Waals surface area contributed by atoms with Gasteiger partial charge in [-0.25, -0.2) is 9.97 Å². The molecule has 0 bridgehead atoms. The summed E-state index contributed by atoms with van der Waals surface area (Å²) < 4.78 is 5.99. The van der Waals surface area contributed by atoms with E-state index in [9.17, 15) is 0 Å². The first kappa shape index (κ1) is 25.0. The molecule has 0 amide bonds. The summed E-state index contributed by atoms with van der Waals surface area (Å²) in [6.07, 6.45) is 17.9. The minimum Gasteiger partial charge on any atom is -0.489 e. The van der Waals surface area contributed by atoms with Crippen molar-refractivity contribution in [2.24, 2.45) is 0 Å². The molecule has 1 heterocycles. The first-order valence-corrected chi connectivity index (χ1v) is 12.9. The van der Waals surface area contributed by atoms with Crippen LogP contribution in [0.2, 0.25) is 0 Å². The number of unbranched alkanes of at least 4 members (excludes halogenated alkanes) is 7. The Kier molecular flexibility index (Phi) is 10.9. The van der Waals surface area contributed by atoms with Crippen LogP contribution in [0.1, 0.15) is 88.3 Å². The van der Waals surface area contributed by atoms with Gasteiger partial charge in [-0.2, -0.15) is 0 Å². The largest absolute Gasteiger partial charge is 0.489 e. The maximum absolute atomic E-state index is 5.99. The van der Waals surface area contributed by atoms with Gasteiger partial charge in [0.1, 0.15) is 12.4 Å². The molecule has 176 valence electrons. The molecule has 0 fully saturated rings. The van der Waals surface area contributed by atoms with Gasteiger partial charge in [-0.05, 0) is 66.6 Å². The van der Waals surface area contributed by atoms with Crippen LogP contribution in [-0.2, 0) is 19.4 Å². The molecule has 0 aliphatic heterocycles. The molecule has 3 aromatic rings. The Labute approximate surface area is 200 Å². The maximum Gasteiger partial charge on any atom is 0.159 e. The van der Waals surface area contributed by atoms with Crippen LogP contribution in [0, 0.1) is 0 Å². The second kappa shape index (κ2) is 14.5. The Bertz CT molecular complexity index is 902. The van der Waals surface area contributed by atoms with Gasteiger partial charge in [-0.3, -0.25) is 0 Å². The normalized spacial score (nSPS) is 11.0. The van der Waals surface area contributed by atoms with Crippen molar-refractivity contribution in [2.45, 2.75) is 91.1 Å². The number of aromatic nitrogens is 2. The number of aryl methyl sites for hydroxylation is 2. The smallest absolute Gasteiger partial charge is 0.159 e. The topological polar surface area (TPSA) is 35.0 Å². The number of ether oxygens (including phenoxy) is 1. The second-order valence-corrected chi connectivity index (χ2v) is 9.02. The molecule has 0 aliphatic carbocycles. The first-order chi connectivity index (χ1) is 16.3. The van der Waals surface area contributed by atoms with Gasteiger partial charge < -0.3 is 4.74 Å². The van der Waals surface area contributed by atoms with E-state index < -0.39 is 0 Å². The average molecular weight is 445 g/mol. The fourth-order valence-electron chi connectivity index (χ4n) is 3.99. The average Bonchev–Trinajstić information content (AvgIpc) is 2.86. The van der Waals surface area contributed by atoms with E-state index in [2.05, 4.69) is 48.1 Å². The van der Waals surface area contributed by atoms with Crippen molar-refractivity contribution >= 4 is 0 Å². The van der Waals surface area contributed by atoms with Crippen molar-refractivity contribution in [1.29, 1.82) is 0 Å². The van der Waals surface area contributed by atoms with Crippen LogP contribution in [0.25, 0.3) is 11.4 Å². The SMILES string of the molecule is CCCCCCCCc1ccc(COc2ccc(-c3ncc(CCCCC)cn3)cc2)cc1. The summed E-state index contributed by atoms with van der Waals surface area (Å²) in [5.41, 5.74) is 4.86. The van der Waals surface area contributed by atoms with E-state index >= 15 is 0 Å². The highest BCUT2D eigenvalue weighted by molar-refractivity contribution is 5.55. The first-order valence-electron chi connectivity index (χ1n) is 12.9. The van der Waals surface area contributed by atoms with Crippen molar-refractivity contribution in [3.05, 3.63) is 77.6 Å². The summed E-state index contributed by atoms with van der Waals surface area (Å²) in [4.78, 5) is 9.09. The molecular formula is C30H40N2O. The van der Waals surface area contributed by atoms with Crippen molar-refractivity contribution in [3.63, 3.8) is 0 Å². The number of hydrogen-bond acceptors (Lipinski definition) is 3. The van der Waals surface area contributed by atoms with Crippen LogP contribution in [0.5, 0.6) is 5.75 Å². The third-order valence-electron chi connectivity index (χ3n) is 6.13. The quantitative estimate of drug-likeness (QED) is 0.221. The lowest BCUT2D eigenvalue weighted by Gasteiger charge is -2.08. The van der Waals surface area contributed by atoms with E-state index in [4.69, 9.17) is 4.74 Å². The van der Waals surface area contributed by atoms with Gasteiger partial charge in [0.25, 0.3) is 0 Å². The summed E-state index contributed by atoms with van der Waals surface area (Å²) in [7, 11) is 0. The number of rotatable bonds is 15. The zero-order chi connectivity index (χ0) is 23.1. The van der Waals surface area contributed by atoms with Crippen molar-refractivity contribution in [3.8, 4) is 17.1 Å². The van der Waals surface area contributed by atoms with Crippen molar-refractivity contribution < 1.29 is 4.74 Å². The summed E-state index contributed by atoms with van der Waals surface area (Å²) in [5, 5.41) is 0. The van der Waals surface area contributed by atoms with Gasteiger partial charge in [-0.1, -0.05) is 83.1 Å². The van der Waals surface area contributed by atoms with Gasteiger partial charge in [0, 0.05) is 18.0 Å². The third-order valence-corrected chi connectivity index (χ3v) is 6.13. The molecule has 0 atom stereocenters. The molecule has 1 aromatic heterocycles. The van der Waals surface area contributed by atoms with Crippen LogP contribution in [-0.4, -0.2) is 9.97 Å². The highest BCUT2D eigenvalue weighted by Crippen LogP contribution is 2.21. The Morgan fingerprint density at radius 3 is 1.82 bits per heavy atom. The van der Waals surface area contributed by atoms with E-state index in [1.54, 1.807) is 0 Å². The molecule has 0 saturated heterocycles. The maximum atomic E-state index is 5.99. The molecule has 0 unspecified atom stereocenters. The molecule has 2 aromatic carbocycles. The van der Waals surface area contributed by atoms with Gasteiger partial charge in [0.05, 0.1) is 0 Å². The van der Waals surface area contributed by atoms with E-state index in [1.165, 1.54) is 80.9 Å². The molecule has 3 rings (SSSR count). The van der Waals surface area contributed by atoms with E-state index in [-0.39, 0.29) is 0 Å². The molecule has 0 aliphatic rings. The minimum atomic E-state index is 0.583. The molecule has 0 spiro atoms. The summed E-state index contributed by atoms with van der Waals surface area (Å²) in [6, 6.07) is 16.9. The third kappa shape index (κ3) is 9.00. The van der Waals surface area contributed by atoms with Crippen LogP contribution in [0.4, 0.5) is 0 Å². The minimum absolute atomic E-state index is 0.583. The van der Waals surface area contributed by atoms with Crippen molar-refractivity contribution in [2.75, 3.05) is 0 Å². The summed E-state index contributed by atoms with van der Waals surface area (Å²) >= 11 is 0. The fourth-order valence-corrected chi connectivity index (χ4v) is 3.99. The van der Waals surface area contributed by atoms with E-state index in [0.717, 1.165) is 23.6 Å². The van der Waals surface area contributed by atoms with Crippen LogP contribution < -0.4 is 4.74 Å². The molecule has 0 saturated carbocycles. The Balaban J connectivity index is 1.42. The zero-order valence-electron chi connectivity index (χ0n) is 20.6. The van der Waals surface area contributed by atoms with Crippen LogP contribution in [0.15, 0.2) is 60.9 Å². The number of hydrogen-bond donors (Lipinski definition) is 0. The van der Waals surface area contributed by atoms with Gasteiger partial charge in [0.15, 0.2) is 5.82 Å². The van der Waals surface area contributed by atoms with E-state index in [0.29, 0.717) is 6.61 Å². The Morgan fingerprint density at radius 1 is 0.576 bits per heavy atom. The summed E-state index contributed by atoms with van der Waals surface area (Å²) in [6.45, 7) is 5.07. The predicted octanol–water partition coefficient (Wildman–Crippen LogP) is 8.36. The summed E-state index contributed by atoms with van der Waals surface area (Å²) in [5.74, 6) is 1.63. The van der Waals surface area contributed by atoms with Gasteiger partial charge in [0.2, 0.25) is 0 Å². The fraction of sp³-hybridized carbons (Fsp3) is 0.467. The highest BCUT2D eigenvalue weighted by Gasteiger charge is 2.04.